The smallest absolute Gasteiger partial charge is 0.138 e. The summed E-state index contributed by atoms with van der Waals surface area (Å²) < 4.78 is 12.2. The standard InChI is InChI=1S/C17H23ClO3/c18-15-10-13(12-19)4-5-16(15)21-14-6-9-20-17(11-14)7-2-1-3-8-17/h4-5,10,14,19H,1-3,6-9,11-12H2. The summed E-state index contributed by atoms with van der Waals surface area (Å²) in [6.07, 6.45) is 8.22. The van der Waals surface area contributed by atoms with Crippen molar-refractivity contribution in [2.24, 2.45) is 0 Å². The molecule has 1 saturated carbocycles. The molecule has 0 amide bonds. The average Bonchev–Trinajstić information content (AvgIpc) is 2.50. The van der Waals surface area contributed by atoms with E-state index in [0.29, 0.717) is 10.8 Å². The second kappa shape index (κ2) is 6.55. The predicted octanol–water partition coefficient (Wildman–Crippen LogP) is 4.09. The van der Waals surface area contributed by atoms with E-state index < -0.39 is 0 Å². The number of hydrogen-bond acceptors (Lipinski definition) is 3. The van der Waals surface area contributed by atoms with Crippen LogP contribution in [0.2, 0.25) is 5.02 Å². The Labute approximate surface area is 131 Å². The van der Waals surface area contributed by atoms with E-state index in [-0.39, 0.29) is 18.3 Å². The molecule has 1 aromatic carbocycles. The molecule has 2 aliphatic rings. The van der Waals surface area contributed by atoms with E-state index in [2.05, 4.69) is 0 Å². The van der Waals surface area contributed by atoms with Crippen molar-refractivity contribution in [3.8, 4) is 5.75 Å². The Kier molecular flexibility index (Phi) is 4.72. The normalized spacial score (nSPS) is 25.0. The van der Waals surface area contributed by atoms with E-state index in [4.69, 9.17) is 26.2 Å². The molecule has 0 aromatic heterocycles. The van der Waals surface area contributed by atoms with Gasteiger partial charge in [0.25, 0.3) is 0 Å². The average molecular weight is 311 g/mol. The fourth-order valence-electron chi connectivity index (χ4n) is 3.55. The molecule has 1 atom stereocenters. The Hall–Kier alpha value is -0.770. The number of benzene rings is 1. The van der Waals surface area contributed by atoms with Crippen LogP contribution in [-0.2, 0) is 11.3 Å². The van der Waals surface area contributed by atoms with Gasteiger partial charge in [0.05, 0.1) is 23.8 Å². The van der Waals surface area contributed by atoms with Gasteiger partial charge in [-0.15, -0.1) is 0 Å². The van der Waals surface area contributed by atoms with E-state index >= 15 is 0 Å². The second-order valence-electron chi connectivity index (χ2n) is 6.25. The van der Waals surface area contributed by atoms with Gasteiger partial charge in [-0.1, -0.05) is 36.9 Å². The highest BCUT2D eigenvalue weighted by Crippen LogP contribution is 2.40. The van der Waals surface area contributed by atoms with Crippen molar-refractivity contribution < 1.29 is 14.6 Å². The minimum Gasteiger partial charge on any atom is -0.489 e. The maximum atomic E-state index is 9.12. The molecule has 4 heteroatoms. The molecule has 0 radical (unpaired) electrons. The lowest BCUT2D eigenvalue weighted by Crippen LogP contribution is -2.45. The first-order chi connectivity index (χ1) is 10.2. The molecule has 1 aromatic rings. The van der Waals surface area contributed by atoms with Gasteiger partial charge < -0.3 is 14.6 Å². The maximum Gasteiger partial charge on any atom is 0.138 e. The SMILES string of the molecule is OCc1ccc(OC2CCOC3(CCCCC3)C2)c(Cl)c1. The molecule has 0 bridgehead atoms. The highest BCUT2D eigenvalue weighted by molar-refractivity contribution is 6.32. The van der Waals surface area contributed by atoms with Crippen LogP contribution >= 0.6 is 11.6 Å². The van der Waals surface area contributed by atoms with Crippen LogP contribution in [0.15, 0.2) is 18.2 Å². The third-order valence-corrected chi connectivity index (χ3v) is 4.98. The zero-order valence-corrected chi connectivity index (χ0v) is 13.1. The van der Waals surface area contributed by atoms with Gasteiger partial charge in [-0.05, 0) is 30.5 Å². The van der Waals surface area contributed by atoms with Crippen LogP contribution in [0.3, 0.4) is 0 Å². The van der Waals surface area contributed by atoms with E-state index in [1.165, 1.54) is 19.3 Å². The summed E-state index contributed by atoms with van der Waals surface area (Å²) in [7, 11) is 0. The summed E-state index contributed by atoms with van der Waals surface area (Å²) in [4.78, 5) is 0. The molecule has 1 spiro atoms. The van der Waals surface area contributed by atoms with Gasteiger partial charge in [-0.3, -0.25) is 0 Å². The molecule has 116 valence electrons. The zero-order valence-electron chi connectivity index (χ0n) is 12.3. The van der Waals surface area contributed by atoms with Crippen LogP contribution in [-0.4, -0.2) is 23.4 Å². The van der Waals surface area contributed by atoms with Gasteiger partial charge >= 0.3 is 0 Å². The van der Waals surface area contributed by atoms with Crippen LogP contribution in [0.5, 0.6) is 5.75 Å². The number of halogens is 1. The van der Waals surface area contributed by atoms with E-state index in [9.17, 15) is 0 Å². The molecule has 2 fully saturated rings. The van der Waals surface area contributed by atoms with Crippen LogP contribution in [0.4, 0.5) is 0 Å². The summed E-state index contributed by atoms with van der Waals surface area (Å²) in [5.74, 6) is 0.715. The molecule has 1 aliphatic carbocycles. The number of aliphatic hydroxyl groups excluding tert-OH is 1. The highest BCUT2D eigenvalue weighted by Gasteiger charge is 2.39. The number of hydrogen-bond donors (Lipinski definition) is 1. The Balaban J connectivity index is 1.67. The summed E-state index contributed by atoms with van der Waals surface area (Å²) in [5.41, 5.74) is 0.849. The van der Waals surface area contributed by atoms with Crippen LogP contribution in [0.1, 0.15) is 50.5 Å². The van der Waals surface area contributed by atoms with Gasteiger partial charge in [-0.25, -0.2) is 0 Å². The summed E-state index contributed by atoms with van der Waals surface area (Å²) in [5, 5.41) is 9.70. The minimum atomic E-state index is 0.000377. The lowest BCUT2D eigenvalue weighted by molar-refractivity contribution is -0.129. The van der Waals surface area contributed by atoms with Crippen LogP contribution in [0.25, 0.3) is 0 Å². The fraction of sp³-hybridized carbons (Fsp3) is 0.647. The van der Waals surface area contributed by atoms with E-state index in [0.717, 1.165) is 37.9 Å². The first-order valence-corrected chi connectivity index (χ1v) is 8.28. The number of rotatable bonds is 3. The van der Waals surface area contributed by atoms with Crippen molar-refractivity contribution in [1.29, 1.82) is 0 Å². The van der Waals surface area contributed by atoms with Crippen LogP contribution < -0.4 is 4.74 Å². The van der Waals surface area contributed by atoms with Gasteiger partial charge in [0.1, 0.15) is 11.9 Å². The molecule has 3 nitrogen and oxygen atoms in total. The molecule has 1 N–H and O–H groups in total. The van der Waals surface area contributed by atoms with E-state index in [1.807, 2.05) is 12.1 Å². The molecule has 1 unspecified atom stereocenters. The summed E-state index contributed by atoms with van der Waals surface area (Å²) in [6, 6.07) is 5.49. The Morgan fingerprint density at radius 3 is 2.81 bits per heavy atom. The molecule has 1 heterocycles. The van der Waals surface area contributed by atoms with Crippen LogP contribution in [0, 0.1) is 0 Å². The largest absolute Gasteiger partial charge is 0.489 e. The fourth-order valence-corrected chi connectivity index (χ4v) is 3.79. The Morgan fingerprint density at radius 2 is 2.10 bits per heavy atom. The lowest BCUT2D eigenvalue weighted by Gasteiger charge is -2.43. The first-order valence-electron chi connectivity index (χ1n) is 7.91. The van der Waals surface area contributed by atoms with Crippen molar-refractivity contribution in [2.45, 2.75) is 63.3 Å². The Bertz CT molecular complexity index is 477. The van der Waals surface area contributed by atoms with E-state index in [1.54, 1.807) is 6.07 Å². The maximum absolute atomic E-state index is 9.12. The molecule has 3 rings (SSSR count). The summed E-state index contributed by atoms with van der Waals surface area (Å²) >= 11 is 6.24. The number of ether oxygens (including phenoxy) is 2. The lowest BCUT2D eigenvalue weighted by atomic mass is 9.79. The van der Waals surface area contributed by atoms with Crippen molar-refractivity contribution in [1.82, 2.24) is 0 Å². The zero-order chi connectivity index (χ0) is 14.7. The van der Waals surface area contributed by atoms with Gasteiger partial charge in [0, 0.05) is 12.8 Å². The van der Waals surface area contributed by atoms with Crippen molar-refractivity contribution in [3.63, 3.8) is 0 Å². The quantitative estimate of drug-likeness (QED) is 0.913. The molecule has 1 aliphatic heterocycles. The highest BCUT2D eigenvalue weighted by atomic mass is 35.5. The monoisotopic (exact) mass is 310 g/mol. The minimum absolute atomic E-state index is 0.000377. The molecular weight excluding hydrogens is 288 g/mol. The predicted molar refractivity (Wildman–Crippen MR) is 82.8 cm³/mol. The first kappa shape index (κ1) is 15.1. The topological polar surface area (TPSA) is 38.7 Å². The molecule has 21 heavy (non-hydrogen) atoms. The molecule has 1 saturated heterocycles. The molecular formula is C17H23ClO3. The summed E-state index contributed by atoms with van der Waals surface area (Å²) in [6.45, 7) is 0.775. The van der Waals surface area contributed by atoms with Gasteiger partial charge in [0.2, 0.25) is 0 Å². The Morgan fingerprint density at radius 1 is 1.29 bits per heavy atom. The third kappa shape index (κ3) is 3.53. The second-order valence-corrected chi connectivity index (χ2v) is 6.65. The third-order valence-electron chi connectivity index (χ3n) is 4.69. The van der Waals surface area contributed by atoms with Gasteiger partial charge in [0.15, 0.2) is 0 Å². The van der Waals surface area contributed by atoms with Crippen molar-refractivity contribution in [3.05, 3.63) is 28.8 Å². The van der Waals surface area contributed by atoms with Gasteiger partial charge in [-0.2, -0.15) is 0 Å². The van der Waals surface area contributed by atoms with Crippen molar-refractivity contribution in [2.75, 3.05) is 6.61 Å². The number of aliphatic hydroxyl groups is 1. The van der Waals surface area contributed by atoms with Crippen molar-refractivity contribution >= 4 is 11.6 Å².